The highest BCUT2D eigenvalue weighted by molar-refractivity contribution is 7.09. The Labute approximate surface area is 209 Å². The van der Waals surface area contributed by atoms with Gasteiger partial charge in [-0.2, -0.15) is 0 Å². The van der Waals surface area contributed by atoms with Gasteiger partial charge in [0.05, 0.1) is 6.54 Å². The van der Waals surface area contributed by atoms with Crippen LogP contribution in [-0.2, 0) is 22.7 Å². The molecule has 3 aromatic rings. The van der Waals surface area contributed by atoms with Gasteiger partial charge in [0, 0.05) is 23.4 Å². The smallest absolute Gasteiger partial charge is 0.242 e. The summed E-state index contributed by atoms with van der Waals surface area (Å²) < 4.78 is 11.0. The average molecular weight is 489 g/mol. The molecule has 2 aromatic carbocycles. The second-order valence-corrected chi connectivity index (χ2v) is 10.6. The van der Waals surface area contributed by atoms with E-state index in [0.717, 1.165) is 35.5 Å². The number of carbonyl (C=O) groups is 2. The molecule has 0 bridgehead atoms. The van der Waals surface area contributed by atoms with Crippen molar-refractivity contribution in [3.8, 4) is 11.5 Å². The third-order valence-corrected chi connectivity index (χ3v) is 7.86. The van der Waals surface area contributed by atoms with Crippen LogP contribution in [0.1, 0.15) is 41.2 Å². The first kappa shape index (κ1) is 22.2. The minimum absolute atomic E-state index is 0.00888. The Kier molecular flexibility index (Phi) is 5.94. The van der Waals surface area contributed by atoms with Crippen molar-refractivity contribution >= 4 is 23.2 Å². The van der Waals surface area contributed by atoms with Crippen LogP contribution in [0.2, 0.25) is 0 Å². The van der Waals surface area contributed by atoms with Gasteiger partial charge >= 0.3 is 0 Å². The van der Waals surface area contributed by atoms with E-state index in [4.69, 9.17) is 9.47 Å². The summed E-state index contributed by atoms with van der Waals surface area (Å²) in [5.41, 5.74) is 2.20. The number of carbonyl (C=O) groups excluding carboxylic acids is 2. The molecule has 2 aliphatic carbocycles. The second-order valence-electron chi connectivity index (χ2n) is 9.57. The van der Waals surface area contributed by atoms with Crippen LogP contribution in [0.4, 0.5) is 0 Å². The van der Waals surface area contributed by atoms with Gasteiger partial charge in [-0.15, -0.1) is 11.3 Å². The molecule has 0 radical (unpaired) electrons. The summed E-state index contributed by atoms with van der Waals surface area (Å²) >= 11 is 1.64. The molecule has 0 spiro atoms. The summed E-state index contributed by atoms with van der Waals surface area (Å²) in [7, 11) is 0. The summed E-state index contributed by atoms with van der Waals surface area (Å²) in [4.78, 5) is 31.9. The van der Waals surface area contributed by atoms with Crippen LogP contribution in [0.25, 0.3) is 0 Å². The summed E-state index contributed by atoms with van der Waals surface area (Å²) in [5, 5.41) is 2.02. The molecule has 180 valence electrons. The number of hydrogen-bond acceptors (Lipinski definition) is 5. The van der Waals surface area contributed by atoms with Crippen molar-refractivity contribution in [3.63, 3.8) is 0 Å². The number of thiophene rings is 1. The Bertz CT molecular complexity index is 1210. The van der Waals surface area contributed by atoms with Gasteiger partial charge in [-0.1, -0.05) is 42.5 Å². The maximum atomic E-state index is 13.6. The third-order valence-electron chi connectivity index (χ3n) is 7.00. The average Bonchev–Trinajstić information content (AvgIpc) is 3.78. The van der Waals surface area contributed by atoms with E-state index in [1.807, 2.05) is 63.7 Å². The van der Waals surface area contributed by atoms with Gasteiger partial charge in [0.1, 0.15) is 6.54 Å². The van der Waals surface area contributed by atoms with E-state index in [-0.39, 0.29) is 43.0 Å². The van der Waals surface area contributed by atoms with E-state index >= 15 is 0 Å². The highest BCUT2D eigenvalue weighted by Crippen LogP contribution is 2.49. The first-order valence-electron chi connectivity index (χ1n) is 12.2. The molecule has 3 aliphatic rings. The number of benzene rings is 2. The monoisotopic (exact) mass is 488 g/mol. The lowest BCUT2D eigenvalue weighted by Crippen LogP contribution is -2.44. The molecule has 0 saturated heterocycles. The molecular weight excluding hydrogens is 460 g/mol. The molecule has 2 saturated carbocycles. The molecule has 0 N–H and O–H groups in total. The van der Waals surface area contributed by atoms with Crippen LogP contribution in [0, 0.1) is 5.92 Å². The molecule has 1 aliphatic heterocycles. The van der Waals surface area contributed by atoms with E-state index in [1.165, 1.54) is 5.56 Å². The van der Waals surface area contributed by atoms with E-state index in [1.54, 1.807) is 11.3 Å². The van der Waals surface area contributed by atoms with Crippen LogP contribution in [0.5, 0.6) is 11.5 Å². The lowest BCUT2D eigenvalue weighted by Gasteiger charge is -2.28. The van der Waals surface area contributed by atoms with Crippen LogP contribution in [-0.4, -0.2) is 41.0 Å². The zero-order valence-electron chi connectivity index (χ0n) is 19.5. The Morgan fingerprint density at radius 1 is 0.943 bits per heavy atom. The van der Waals surface area contributed by atoms with E-state index in [2.05, 4.69) is 12.1 Å². The molecule has 6 rings (SSSR count). The number of fused-ring (bicyclic) bond motifs is 1. The Morgan fingerprint density at radius 2 is 1.77 bits per heavy atom. The van der Waals surface area contributed by atoms with E-state index < -0.39 is 0 Å². The fourth-order valence-corrected chi connectivity index (χ4v) is 5.57. The van der Waals surface area contributed by atoms with Crippen molar-refractivity contribution in [2.24, 2.45) is 5.92 Å². The van der Waals surface area contributed by atoms with Gasteiger partial charge in [0.2, 0.25) is 18.6 Å². The van der Waals surface area contributed by atoms with Crippen molar-refractivity contribution in [1.82, 2.24) is 9.80 Å². The maximum absolute atomic E-state index is 13.6. The first-order valence-corrected chi connectivity index (χ1v) is 13.1. The molecule has 1 aromatic heterocycles. The van der Waals surface area contributed by atoms with Crippen LogP contribution >= 0.6 is 11.3 Å². The molecule has 35 heavy (non-hydrogen) atoms. The zero-order chi connectivity index (χ0) is 23.8. The SMILES string of the molecule is O=C(CN(C(=O)C1CC1c1ccccc1)C1CC1)N(Cc1ccc2c(c1)OCO2)Cc1cccs1. The van der Waals surface area contributed by atoms with Crippen molar-refractivity contribution in [1.29, 1.82) is 0 Å². The molecule has 2 heterocycles. The minimum atomic E-state index is -0.0202. The number of ether oxygens (including phenoxy) is 2. The van der Waals surface area contributed by atoms with Crippen molar-refractivity contribution in [2.45, 2.75) is 44.3 Å². The van der Waals surface area contributed by atoms with Gasteiger partial charge < -0.3 is 19.3 Å². The molecule has 7 heteroatoms. The lowest BCUT2D eigenvalue weighted by molar-refractivity contribution is -0.142. The normalized spacial score (nSPS) is 19.9. The fourth-order valence-electron chi connectivity index (χ4n) is 4.85. The standard InChI is InChI=1S/C28H28N2O4S/c31-27(17-30(21-9-10-21)28(32)24-14-23(24)20-5-2-1-3-6-20)29(16-22-7-4-12-35-22)15-19-8-11-25-26(13-19)34-18-33-25/h1-8,11-13,21,23-24H,9-10,14-18H2. The van der Waals surface area contributed by atoms with Crippen molar-refractivity contribution in [3.05, 3.63) is 82.0 Å². The predicted molar refractivity (Wildman–Crippen MR) is 133 cm³/mol. The molecule has 2 fully saturated rings. The molecular formula is C28H28N2O4S. The lowest BCUT2D eigenvalue weighted by atomic mass is 10.1. The zero-order valence-corrected chi connectivity index (χ0v) is 20.3. The predicted octanol–water partition coefficient (Wildman–Crippen LogP) is 4.80. The Balaban J connectivity index is 1.17. The first-order chi connectivity index (χ1) is 17.2. The van der Waals surface area contributed by atoms with Gasteiger partial charge in [0.25, 0.3) is 0 Å². The summed E-state index contributed by atoms with van der Waals surface area (Å²) in [5.74, 6) is 1.82. The van der Waals surface area contributed by atoms with Gasteiger partial charge in [0.15, 0.2) is 11.5 Å². The maximum Gasteiger partial charge on any atom is 0.242 e. The van der Waals surface area contributed by atoms with E-state index in [0.29, 0.717) is 18.8 Å². The van der Waals surface area contributed by atoms with Gasteiger partial charge in [-0.3, -0.25) is 9.59 Å². The quantitative estimate of drug-likeness (QED) is 0.434. The third kappa shape index (κ3) is 4.91. The number of amides is 2. The second kappa shape index (κ2) is 9.38. The summed E-state index contributed by atoms with van der Waals surface area (Å²) in [6.07, 6.45) is 2.83. The number of hydrogen-bond donors (Lipinski definition) is 0. The molecule has 2 atom stereocenters. The van der Waals surface area contributed by atoms with E-state index in [9.17, 15) is 9.59 Å². The van der Waals surface area contributed by atoms with Gasteiger partial charge in [-0.05, 0) is 59.9 Å². The fraction of sp³-hybridized carbons (Fsp3) is 0.357. The van der Waals surface area contributed by atoms with Crippen LogP contribution in [0.15, 0.2) is 66.0 Å². The van der Waals surface area contributed by atoms with Crippen LogP contribution < -0.4 is 9.47 Å². The summed E-state index contributed by atoms with van der Waals surface area (Å²) in [6.45, 7) is 1.33. The summed E-state index contributed by atoms with van der Waals surface area (Å²) in [6, 6.07) is 20.3. The van der Waals surface area contributed by atoms with Crippen molar-refractivity contribution < 1.29 is 19.1 Å². The highest BCUT2D eigenvalue weighted by Gasteiger charge is 2.48. The molecule has 6 nitrogen and oxygen atoms in total. The van der Waals surface area contributed by atoms with Gasteiger partial charge in [-0.25, -0.2) is 0 Å². The number of rotatable bonds is 9. The van der Waals surface area contributed by atoms with Crippen LogP contribution in [0.3, 0.4) is 0 Å². The highest BCUT2D eigenvalue weighted by atomic mass is 32.1. The Hall–Kier alpha value is -3.32. The Morgan fingerprint density at radius 3 is 2.54 bits per heavy atom. The largest absolute Gasteiger partial charge is 0.454 e. The molecule has 2 amide bonds. The topological polar surface area (TPSA) is 59.1 Å². The van der Waals surface area contributed by atoms with Crippen molar-refractivity contribution in [2.75, 3.05) is 13.3 Å². The minimum Gasteiger partial charge on any atom is -0.454 e. The number of nitrogens with zero attached hydrogens (tertiary/aromatic N) is 2. The molecule has 2 unspecified atom stereocenters.